The van der Waals surface area contributed by atoms with E-state index in [1.165, 1.54) is 4.88 Å². The fourth-order valence-electron chi connectivity index (χ4n) is 1.35. The predicted octanol–water partition coefficient (Wildman–Crippen LogP) is 1.60. The van der Waals surface area contributed by atoms with E-state index in [0.29, 0.717) is 0 Å². The third-order valence-corrected chi connectivity index (χ3v) is 3.01. The van der Waals surface area contributed by atoms with Gasteiger partial charge in [-0.05, 0) is 26.3 Å². The molecule has 70 valence electrons. The molecular weight excluding hydrogens is 182 g/mol. The van der Waals surface area contributed by atoms with Crippen LogP contribution in [-0.2, 0) is 6.42 Å². The van der Waals surface area contributed by atoms with Crippen LogP contribution in [0.25, 0.3) is 4.96 Å². The molecule has 0 amide bonds. The second-order valence-corrected chi connectivity index (χ2v) is 4.26. The molecule has 0 bridgehead atoms. The van der Waals surface area contributed by atoms with Gasteiger partial charge >= 0.3 is 0 Å². The van der Waals surface area contributed by atoms with Crippen LogP contribution in [0.15, 0.2) is 12.4 Å². The molecule has 2 heterocycles. The number of fused-ring (bicyclic) bond motifs is 1. The predicted molar refractivity (Wildman–Crippen MR) is 55.2 cm³/mol. The summed E-state index contributed by atoms with van der Waals surface area (Å²) in [5.74, 6) is 0. The van der Waals surface area contributed by atoms with Crippen LogP contribution in [0.3, 0.4) is 0 Å². The van der Waals surface area contributed by atoms with Gasteiger partial charge in [-0.25, -0.2) is 4.98 Å². The van der Waals surface area contributed by atoms with E-state index in [1.54, 1.807) is 11.3 Å². The largest absolute Gasteiger partial charge is 0.330 e. The molecule has 0 aliphatic heterocycles. The van der Waals surface area contributed by atoms with Gasteiger partial charge in [0.15, 0.2) is 4.96 Å². The molecule has 2 aromatic rings. The minimum absolute atomic E-state index is 0.763. The van der Waals surface area contributed by atoms with Crippen molar-refractivity contribution in [3.05, 3.63) is 23.0 Å². The van der Waals surface area contributed by atoms with E-state index in [2.05, 4.69) is 21.8 Å². The van der Waals surface area contributed by atoms with Crippen molar-refractivity contribution >= 4 is 16.3 Å². The molecule has 0 atom stereocenters. The molecule has 0 aliphatic rings. The van der Waals surface area contributed by atoms with Gasteiger partial charge in [0.05, 0.1) is 5.69 Å². The summed E-state index contributed by atoms with van der Waals surface area (Å²) >= 11 is 1.75. The number of nitrogens with two attached hydrogens (primary N) is 1. The topological polar surface area (TPSA) is 43.3 Å². The number of nitrogens with zero attached hydrogens (tertiary/aromatic N) is 2. The van der Waals surface area contributed by atoms with Gasteiger partial charge in [0, 0.05) is 17.3 Å². The first kappa shape index (κ1) is 8.72. The Balaban J connectivity index is 2.24. The zero-order valence-electron chi connectivity index (χ0n) is 7.66. The molecule has 0 aliphatic carbocycles. The molecule has 0 saturated carbocycles. The lowest BCUT2D eigenvalue weighted by Crippen LogP contribution is -1.99. The maximum Gasteiger partial charge on any atom is 0.194 e. The highest BCUT2D eigenvalue weighted by molar-refractivity contribution is 7.17. The average molecular weight is 195 g/mol. The van der Waals surface area contributed by atoms with Gasteiger partial charge in [-0.2, -0.15) is 0 Å². The van der Waals surface area contributed by atoms with Gasteiger partial charge in [0.1, 0.15) is 0 Å². The first-order chi connectivity index (χ1) is 6.29. The van der Waals surface area contributed by atoms with Crippen molar-refractivity contribution in [2.75, 3.05) is 6.54 Å². The summed E-state index contributed by atoms with van der Waals surface area (Å²) in [6.45, 7) is 2.78. The van der Waals surface area contributed by atoms with Crippen LogP contribution in [0.1, 0.15) is 17.0 Å². The molecule has 13 heavy (non-hydrogen) atoms. The molecule has 0 unspecified atom stereocenters. The molecule has 2 rings (SSSR count). The molecule has 2 aromatic heterocycles. The third kappa shape index (κ3) is 1.73. The van der Waals surface area contributed by atoms with E-state index in [1.807, 2.05) is 6.92 Å². The first-order valence-electron chi connectivity index (χ1n) is 4.43. The minimum Gasteiger partial charge on any atom is -0.330 e. The molecule has 0 aromatic carbocycles. The van der Waals surface area contributed by atoms with Gasteiger partial charge in [-0.15, -0.1) is 11.3 Å². The van der Waals surface area contributed by atoms with Crippen LogP contribution in [0.5, 0.6) is 0 Å². The van der Waals surface area contributed by atoms with E-state index in [9.17, 15) is 0 Å². The lowest BCUT2D eigenvalue weighted by Gasteiger charge is -1.90. The Bertz CT molecular complexity index is 370. The lowest BCUT2D eigenvalue weighted by molar-refractivity contribution is 0.840. The fourth-order valence-corrected chi connectivity index (χ4v) is 2.40. The Labute approximate surface area is 81.2 Å². The third-order valence-electron chi connectivity index (χ3n) is 1.95. The van der Waals surface area contributed by atoms with Crippen LogP contribution in [0.4, 0.5) is 0 Å². The zero-order chi connectivity index (χ0) is 9.26. The number of aromatic nitrogens is 2. The summed E-state index contributed by atoms with van der Waals surface area (Å²) in [5, 5.41) is 0. The number of hydrogen-bond acceptors (Lipinski definition) is 3. The maximum atomic E-state index is 5.45. The highest BCUT2D eigenvalue weighted by atomic mass is 32.1. The smallest absolute Gasteiger partial charge is 0.194 e. The van der Waals surface area contributed by atoms with Crippen molar-refractivity contribution in [1.82, 2.24) is 9.38 Å². The first-order valence-corrected chi connectivity index (χ1v) is 5.25. The van der Waals surface area contributed by atoms with E-state index in [0.717, 1.165) is 30.0 Å². The van der Waals surface area contributed by atoms with Crippen LogP contribution in [0.2, 0.25) is 0 Å². The number of hydrogen-bond donors (Lipinski definition) is 1. The fraction of sp³-hybridized carbons (Fsp3) is 0.444. The quantitative estimate of drug-likeness (QED) is 0.808. The summed E-state index contributed by atoms with van der Waals surface area (Å²) in [6, 6.07) is 0. The van der Waals surface area contributed by atoms with Crippen molar-refractivity contribution in [2.24, 2.45) is 5.73 Å². The highest BCUT2D eigenvalue weighted by Crippen LogP contribution is 2.18. The molecule has 0 spiro atoms. The van der Waals surface area contributed by atoms with Crippen molar-refractivity contribution in [3.8, 4) is 0 Å². The van der Waals surface area contributed by atoms with Gasteiger partial charge in [0.2, 0.25) is 0 Å². The zero-order valence-corrected chi connectivity index (χ0v) is 8.47. The van der Waals surface area contributed by atoms with Crippen molar-refractivity contribution < 1.29 is 0 Å². The molecule has 4 heteroatoms. The Morgan fingerprint density at radius 2 is 2.38 bits per heavy atom. The SMILES string of the molecule is Cc1cn2cc(CCCN)sc2n1. The molecule has 0 radical (unpaired) electrons. The van der Waals surface area contributed by atoms with E-state index < -0.39 is 0 Å². The molecule has 2 N–H and O–H groups in total. The van der Waals surface area contributed by atoms with Crippen LogP contribution in [-0.4, -0.2) is 15.9 Å². The van der Waals surface area contributed by atoms with Gasteiger partial charge in [-0.3, -0.25) is 4.40 Å². The summed E-state index contributed by atoms with van der Waals surface area (Å²) in [5.41, 5.74) is 6.53. The Morgan fingerprint density at radius 3 is 3.08 bits per heavy atom. The van der Waals surface area contributed by atoms with Crippen LogP contribution >= 0.6 is 11.3 Å². The van der Waals surface area contributed by atoms with E-state index in [-0.39, 0.29) is 0 Å². The van der Waals surface area contributed by atoms with Crippen molar-refractivity contribution in [1.29, 1.82) is 0 Å². The maximum absolute atomic E-state index is 5.45. The summed E-state index contributed by atoms with van der Waals surface area (Å²) in [4.78, 5) is 6.85. The standard InChI is InChI=1S/C9H13N3S/c1-7-5-12-6-8(3-2-4-10)13-9(12)11-7/h5-6H,2-4,10H2,1H3. The summed E-state index contributed by atoms with van der Waals surface area (Å²) in [7, 11) is 0. The Hall–Kier alpha value is -0.870. The van der Waals surface area contributed by atoms with Crippen LogP contribution < -0.4 is 5.73 Å². The number of rotatable bonds is 3. The average Bonchev–Trinajstić information content (AvgIpc) is 2.57. The second kappa shape index (κ2) is 3.47. The normalized spacial score (nSPS) is 11.2. The summed E-state index contributed by atoms with van der Waals surface area (Å²) in [6.07, 6.45) is 6.33. The highest BCUT2D eigenvalue weighted by Gasteiger charge is 2.03. The molecule has 0 saturated heterocycles. The van der Waals surface area contributed by atoms with Gasteiger partial charge < -0.3 is 5.73 Å². The Kier molecular flexibility index (Phi) is 2.33. The van der Waals surface area contributed by atoms with E-state index in [4.69, 9.17) is 5.73 Å². The summed E-state index contributed by atoms with van der Waals surface area (Å²) < 4.78 is 2.09. The molecule has 0 fully saturated rings. The van der Waals surface area contributed by atoms with Gasteiger partial charge in [-0.1, -0.05) is 0 Å². The van der Waals surface area contributed by atoms with Crippen molar-refractivity contribution in [3.63, 3.8) is 0 Å². The minimum atomic E-state index is 0.763. The number of aryl methyl sites for hydroxylation is 2. The van der Waals surface area contributed by atoms with E-state index >= 15 is 0 Å². The second-order valence-electron chi connectivity index (χ2n) is 3.16. The Morgan fingerprint density at radius 1 is 1.54 bits per heavy atom. The van der Waals surface area contributed by atoms with Crippen molar-refractivity contribution in [2.45, 2.75) is 19.8 Å². The number of thiazole rings is 1. The van der Waals surface area contributed by atoms with Crippen LogP contribution in [0, 0.1) is 6.92 Å². The lowest BCUT2D eigenvalue weighted by atomic mass is 10.3. The van der Waals surface area contributed by atoms with Gasteiger partial charge in [0.25, 0.3) is 0 Å². The molecule has 3 nitrogen and oxygen atoms in total. The monoisotopic (exact) mass is 195 g/mol. The molecular formula is C9H13N3S. The number of imidazole rings is 1.